The van der Waals surface area contributed by atoms with Crippen LogP contribution in [0.2, 0.25) is 0 Å². The number of hydrogen-bond donors (Lipinski definition) is 1. The minimum atomic E-state index is 0.288. The van der Waals surface area contributed by atoms with Crippen molar-refractivity contribution >= 4 is 17.0 Å². The molecule has 3 aromatic rings. The summed E-state index contributed by atoms with van der Waals surface area (Å²) in [5.74, 6) is 0.288. The number of aromatic nitrogens is 4. The van der Waals surface area contributed by atoms with Crippen LogP contribution in [-0.2, 0) is 6.54 Å². The number of benzene rings is 1. The maximum absolute atomic E-state index is 5.73. The van der Waals surface area contributed by atoms with E-state index in [1.807, 2.05) is 10.7 Å². The molecule has 0 aliphatic carbocycles. The summed E-state index contributed by atoms with van der Waals surface area (Å²) in [4.78, 5) is 8.49. The van der Waals surface area contributed by atoms with Crippen molar-refractivity contribution in [3.05, 3.63) is 36.0 Å². The first-order valence-electron chi connectivity index (χ1n) is 7.25. The van der Waals surface area contributed by atoms with Gasteiger partial charge in [-0.05, 0) is 19.4 Å². The molecule has 2 heterocycles. The Balaban J connectivity index is 2.18. The van der Waals surface area contributed by atoms with Crippen LogP contribution in [0.4, 0.5) is 5.95 Å². The Hall–Kier alpha value is -2.43. The molecule has 0 atom stereocenters. The normalized spacial score (nSPS) is 11.1. The fourth-order valence-electron chi connectivity index (χ4n) is 2.44. The summed E-state index contributed by atoms with van der Waals surface area (Å²) < 4.78 is 1.94. The van der Waals surface area contributed by atoms with E-state index in [1.165, 1.54) is 5.56 Å². The largest absolute Gasteiger partial charge is 0.368 e. The first-order chi connectivity index (χ1) is 10.2. The lowest BCUT2D eigenvalue weighted by Gasteiger charge is -2.00. The van der Waals surface area contributed by atoms with E-state index in [2.05, 4.69) is 42.0 Å². The Labute approximate surface area is 123 Å². The fourth-order valence-corrected chi connectivity index (χ4v) is 2.44. The topological polar surface area (TPSA) is 69.6 Å². The molecule has 1 aromatic carbocycles. The number of rotatable bonds is 4. The lowest BCUT2D eigenvalue weighted by atomic mass is 10.1. The van der Waals surface area contributed by atoms with Crippen LogP contribution in [0.3, 0.4) is 0 Å². The first-order valence-corrected chi connectivity index (χ1v) is 7.25. The molecule has 108 valence electrons. The lowest BCUT2D eigenvalue weighted by Crippen LogP contribution is -2.02. The average Bonchev–Trinajstić information content (AvgIpc) is 2.83. The Kier molecular flexibility index (Phi) is 3.56. The summed E-state index contributed by atoms with van der Waals surface area (Å²) in [7, 11) is 0. The lowest BCUT2D eigenvalue weighted by molar-refractivity contribution is 0.585. The summed E-state index contributed by atoms with van der Waals surface area (Å²) in [6, 6.07) is 8.31. The van der Waals surface area contributed by atoms with Gasteiger partial charge in [0.15, 0.2) is 5.65 Å². The third-order valence-corrected chi connectivity index (χ3v) is 3.52. The van der Waals surface area contributed by atoms with Gasteiger partial charge in [-0.15, -0.1) is 0 Å². The third-order valence-electron chi connectivity index (χ3n) is 3.52. The van der Waals surface area contributed by atoms with Gasteiger partial charge in [0.2, 0.25) is 5.95 Å². The second-order valence-electron chi connectivity index (χ2n) is 5.26. The van der Waals surface area contributed by atoms with Crippen LogP contribution in [0.1, 0.15) is 25.3 Å². The molecule has 0 amide bonds. The molecule has 0 fully saturated rings. The highest BCUT2D eigenvalue weighted by atomic mass is 15.3. The number of unbranched alkanes of at least 4 members (excludes halogenated alkanes) is 1. The monoisotopic (exact) mass is 281 g/mol. The van der Waals surface area contributed by atoms with E-state index in [-0.39, 0.29) is 5.95 Å². The molecule has 5 heteroatoms. The van der Waals surface area contributed by atoms with Crippen molar-refractivity contribution in [1.82, 2.24) is 19.7 Å². The van der Waals surface area contributed by atoms with Gasteiger partial charge in [-0.3, -0.25) is 0 Å². The molecule has 0 aliphatic rings. The predicted octanol–water partition coefficient (Wildman–Crippen LogP) is 3.18. The number of fused-ring (bicyclic) bond motifs is 1. The van der Waals surface area contributed by atoms with Gasteiger partial charge in [0, 0.05) is 18.3 Å². The summed E-state index contributed by atoms with van der Waals surface area (Å²) in [5, 5.41) is 5.69. The van der Waals surface area contributed by atoms with Gasteiger partial charge < -0.3 is 5.73 Å². The van der Waals surface area contributed by atoms with Gasteiger partial charge in [-0.1, -0.05) is 37.1 Å². The zero-order chi connectivity index (χ0) is 14.8. The zero-order valence-electron chi connectivity index (χ0n) is 12.4. The van der Waals surface area contributed by atoms with Crippen LogP contribution in [0.25, 0.3) is 22.3 Å². The molecule has 2 aromatic heterocycles. The van der Waals surface area contributed by atoms with Crippen molar-refractivity contribution in [2.75, 3.05) is 5.73 Å². The van der Waals surface area contributed by atoms with Crippen LogP contribution in [0, 0.1) is 6.92 Å². The van der Waals surface area contributed by atoms with E-state index < -0.39 is 0 Å². The van der Waals surface area contributed by atoms with E-state index in [0.29, 0.717) is 0 Å². The van der Waals surface area contributed by atoms with Crippen molar-refractivity contribution in [1.29, 1.82) is 0 Å². The minimum absolute atomic E-state index is 0.288. The number of anilines is 1. The highest BCUT2D eigenvalue weighted by Crippen LogP contribution is 2.27. The van der Waals surface area contributed by atoms with Gasteiger partial charge in [0.05, 0.1) is 5.39 Å². The molecule has 0 saturated carbocycles. The maximum Gasteiger partial charge on any atom is 0.222 e. The standard InChI is InChI=1S/C16H19N5/c1-3-4-8-21-15-13(10-18-16(17)19-15)14(20-21)12-7-5-6-11(2)9-12/h5-7,9-10H,3-4,8H2,1-2H3,(H2,17,18,19). The molecular weight excluding hydrogens is 262 g/mol. The zero-order valence-corrected chi connectivity index (χ0v) is 12.4. The van der Waals surface area contributed by atoms with Crippen molar-refractivity contribution < 1.29 is 0 Å². The number of hydrogen-bond acceptors (Lipinski definition) is 4. The van der Waals surface area contributed by atoms with Crippen molar-refractivity contribution in [3.8, 4) is 11.3 Å². The molecule has 2 N–H and O–H groups in total. The van der Waals surface area contributed by atoms with Gasteiger partial charge >= 0.3 is 0 Å². The molecule has 5 nitrogen and oxygen atoms in total. The van der Waals surface area contributed by atoms with Crippen LogP contribution in [0.5, 0.6) is 0 Å². The molecular formula is C16H19N5. The van der Waals surface area contributed by atoms with Crippen molar-refractivity contribution in [2.24, 2.45) is 0 Å². The van der Waals surface area contributed by atoms with Crippen LogP contribution in [-0.4, -0.2) is 19.7 Å². The number of aryl methyl sites for hydroxylation is 2. The molecule has 0 saturated heterocycles. The van der Waals surface area contributed by atoms with Gasteiger partial charge in [0.1, 0.15) is 5.69 Å². The number of nitrogen functional groups attached to an aromatic ring is 1. The van der Waals surface area contributed by atoms with E-state index in [1.54, 1.807) is 6.20 Å². The molecule has 0 radical (unpaired) electrons. The molecule has 0 unspecified atom stereocenters. The molecule has 0 aliphatic heterocycles. The predicted molar refractivity (Wildman–Crippen MR) is 84.8 cm³/mol. The molecule has 0 spiro atoms. The van der Waals surface area contributed by atoms with Crippen molar-refractivity contribution in [3.63, 3.8) is 0 Å². The summed E-state index contributed by atoms with van der Waals surface area (Å²) >= 11 is 0. The Morgan fingerprint density at radius 1 is 1.29 bits per heavy atom. The third kappa shape index (κ3) is 2.59. The smallest absolute Gasteiger partial charge is 0.222 e. The van der Waals surface area contributed by atoms with E-state index in [4.69, 9.17) is 10.8 Å². The minimum Gasteiger partial charge on any atom is -0.368 e. The van der Waals surface area contributed by atoms with Crippen molar-refractivity contribution in [2.45, 2.75) is 33.2 Å². The number of nitrogens with zero attached hydrogens (tertiary/aromatic N) is 4. The van der Waals surface area contributed by atoms with Gasteiger partial charge in [-0.25, -0.2) is 9.67 Å². The Morgan fingerprint density at radius 3 is 2.90 bits per heavy atom. The molecule has 21 heavy (non-hydrogen) atoms. The first kappa shape index (κ1) is 13.5. The highest BCUT2D eigenvalue weighted by Gasteiger charge is 2.14. The number of nitrogens with two attached hydrogens (primary N) is 1. The second kappa shape index (κ2) is 5.52. The Morgan fingerprint density at radius 2 is 2.14 bits per heavy atom. The van der Waals surface area contributed by atoms with Crippen LogP contribution >= 0.6 is 0 Å². The molecule has 3 rings (SSSR count). The van der Waals surface area contributed by atoms with Gasteiger partial charge in [-0.2, -0.15) is 10.1 Å². The summed E-state index contributed by atoms with van der Waals surface area (Å²) in [6.45, 7) is 5.08. The SMILES string of the molecule is CCCCn1nc(-c2cccc(C)c2)c2cnc(N)nc21. The Bertz CT molecular complexity index is 775. The fraction of sp³-hybridized carbons (Fsp3) is 0.312. The van der Waals surface area contributed by atoms with Crippen LogP contribution < -0.4 is 5.73 Å². The highest BCUT2D eigenvalue weighted by molar-refractivity contribution is 5.91. The second-order valence-corrected chi connectivity index (χ2v) is 5.26. The maximum atomic E-state index is 5.73. The summed E-state index contributed by atoms with van der Waals surface area (Å²) in [5.41, 5.74) is 9.76. The average molecular weight is 281 g/mol. The van der Waals surface area contributed by atoms with Crippen LogP contribution in [0.15, 0.2) is 30.5 Å². The summed E-state index contributed by atoms with van der Waals surface area (Å²) in [6.07, 6.45) is 3.94. The quantitative estimate of drug-likeness (QED) is 0.797. The molecule has 0 bridgehead atoms. The van der Waals surface area contributed by atoms with E-state index in [0.717, 1.165) is 41.7 Å². The van der Waals surface area contributed by atoms with E-state index in [9.17, 15) is 0 Å². The van der Waals surface area contributed by atoms with E-state index >= 15 is 0 Å². The van der Waals surface area contributed by atoms with Gasteiger partial charge in [0.25, 0.3) is 0 Å².